The van der Waals surface area contributed by atoms with Crippen molar-refractivity contribution in [3.63, 3.8) is 0 Å². The number of aromatic nitrogens is 4. The molecule has 0 aliphatic heterocycles. The number of fused-ring (bicyclic) bond motifs is 12. The topological polar surface area (TPSA) is 34.6 Å². The van der Waals surface area contributed by atoms with Crippen LogP contribution in [0, 0.1) is 16.9 Å². The Bertz CT molecular complexity index is 3410. The van der Waals surface area contributed by atoms with Crippen LogP contribution in [0.5, 0.6) is 0 Å². The summed E-state index contributed by atoms with van der Waals surface area (Å²) in [6, 6.07) is 42.5. The van der Waals surface area contributed by atoms with Gasteiger partial charge in [-0.3, -0.25) is 9.38 Å². The van der Waals surface area contributed by atoms with Crippen molar-refractivity contribution in [3.05, 3.63) is 166 Å². The molecule has 10 aromatic rings. The molecule has 4 aromatic heterocycles. The average molecular weight is 1200 g/mol. The molecule has 0 unspecified atom stereocenters. The number of pyridine rings is 2. The van der Waals surface area contributed by atoms with Gasteiger partial charge in [-0.25, -0.2) is 4.98 Å². The van der Waals surface area contributed by atoms with Gasteiger partial charge >= 0.3 is 0 Å². The second-order valence-electron chi connectivity index (χ2n) is 25.9. The largest absolute Gasteiger partial charge is 0.333 e. The Hall–Kier alpha value is -5.61. The van der Waals surface area contributed by atoms with Crippen LogP contribution < -0.4 is 0 Å². The number of benzene rings is 6. The summed E-state index contributed by atoms with van der Waals surface area (Å²) in [5.74, 6) is 2.65. The summed E-state index contributed by atoms with van der Waals surface area (Å²) in [5, 5.41) is 7.38. The van der Waals surface area contributed by atoms with E-state index in [1.165, 1.54) is 105 Å². The first kappa shape index (κ1) is 60.6. The normalized spacial score (nSPS) is 12.3. The van der Waals surface area contributed by atoms with Gasteiger partial charge in [0.25, 0.3) is 0 Å². The molecule has 0 aliphatic rings. The Kier molecular flexibility index (Phi) is 18.4. The van der Waals surface area contributed by atoms with Gasteiger partial charge in [-0.05, 0) is 133 Å². The van der Waals surface area contributed by atoms with Gasteiger partial charge in [-0.2, -0.15) is 0 Å². The van der Waals surface area contributed by atoms with E-state index in [9.17, 15) is 0 Å². The van der Waals surface area contributed by atoms with Gasteiger partial charge in [0.1, 0.15) is 5.65 Å². The summed E-state index contributed by atoms with van der Waals surface area (Å²) >= 11 is 0. The monoisotopic (exact) mass is 1200 g/mol. The first-order valence-corrected chi connectivity index (χ1v) is 27.8. The van der Waals surface area contributed by atoms with Crippen molar-refractivity contribution in [2.45, 2.75) is 188 Å². The number of rotatable bonds is 10. The van der Waals surface area contributed by atoms with Crippen molar-refractivity contribution in [3.8, 4) is 22.5 Å². The molecule has 0 fully saturated rings. The van der Waals surface area contributed by atoms with Crippen molar-refractivity contribution >= 4 is 54.6 Å². The van der Waals surface area contributed by atoms with E-state index in [4.69, 9.17) is 9.97 Å². The summed E-state index contributed by atoms with van der Waals surface area (Å²) < 4.78 is 4.83. The molecular formula is C72H91IrN4-. The third kappa shape index (κ3) is 11.9. The molecule has 0 amide bonds. The van der Waals surface area contributed by atoms with Gasteiger partial charge in [0.05, 0.1) is 28.7 Å². The minimum absolute atomic E-state index is 0. The predicted octanol–water partition coefficient (Wildman–Crippen LogP) is 21.6. The molecular weight excluding hydrogens is 1110 g/mol. The third-order valence-corrected chi connectivity index (χ3v) is 15.2. The van der Waals surface area contributed by atoms with Crippen LogP contribution in [0.2, 0.25) is 0 Å². The second kappa shape index (κ2) is 23.4. The van der Waals surface area contributed by atoms with Gasteiger partial charge in [-0.1, -0.05) is 212 Å². The quantitative estimate of drug-likeness (QED) is 0.101. The van der Waals surface area contributed by atoms with Gasteiger partial charge in [0, 0.05) is 53.7 Å². The van der Waals surface area contributed by atoms with E-state index < -0.39 is 0 Å². The standard InChI is InChI=1S/C35H42N2.C35H41N2.2CH4.Ir/c2*1-21(2)25-17-28(22(3)4)33(29(18-25)23(5)6)32-20-36-34-27-13-11-10-12-26(27)30-16-24(19-35(7,8)9)14-15-31(30)37(32)34;;;/h10-18,20-23H,19H2,1-9H3;10-12,14-18,20-23H,19H2,1-9H3;2*1H4;/q;-1;;;. The summed E-state index contributed by atoms with van der Waals surface area (Å²) in [6.45, 7) is 41.6. The molecule has 0 bridgehead atoms. The molecule has 77 heavy (non-hydrogen) atoms. The maximum atomic E-state index is 5.08. The van der Waals surface area contributed by atoms with Crippen LogP contribution in [0.1, 0.15) is 219 Å². The summed E-state index contributed by atoms with van der Waals surface area (Å²) in [7, 11) is 0. The molecule has 6 aromatic carbocycles. The summed E-state index contributed by atoms with van der Waals surface area (Å²) in [4.78, 5) is 10.1. The van der Waals surface area contributed by atoms with Gasteiger partial charge in [-0.15, -0.1) is 29.7 Å². The zero-order valence-electron chi connectivity index (χ0n) is 48.5. The fourth-order valence-corrected chi connectivity index (χ4v) is 11.6. The number of hydrogen-bond donors (Lipinski definition) is 0. The fraction of sp³-hybridized carbons (Fsp3) is 0.417. The molecule has 409 valence electrons. The molecule has 0 N–H and O–H groups in total. The van der Waals surface area contributed by atoms with Gasteiger partial charge in [0.15, 0.2) is 0 Å². The Morgan fingerprint density at radius 2 is 0.805 bits per heavy atom. The zero-order chi connectivity index (χ0) is 53.3. The van der Waals surface area contributed by atoms with Crippen LogP contribution in [-0.2, 0) is 32.9 Å². The molecule has 0 saturated carbocycles. The minimum atomic E-state index is 0. The van der Waals surface area contributed by atoms with Crippen LogP contribution in [0.15, 0.2) is 116 Å². The van der Waals surface area contributed by atoms with Gasteiger partial charge < -0.3 is 4.40 Å². The Labute approximate surface area is 477 Å². The van der Waals surface area contributed by atoms with E-state index >= 15 is 0 Å². The van der Waals surface area contributed by atoms with E-state index in [1.54, 1.807) is 0 Å². The van der Waals surface area contributed by atoms with Crippen molar-refractivity contribution < 1.29 is 20.1 Å². The van der Waals surface area contributed by atoms with Crippen molar-refractivity contribution in [2.75, 3.05) is 0 Å². The maximum absolute atomic E-state index is 5.08. The smallest absolute Gasteiger partial charge is 0.145 e. The predicted molar refractivity (Wildman–Crippen MR) is 334 cm³/mol. The molecule has 0 spiro atoms. The Morgan fingerprint density at radius 1 is 0.429 bits per heavy atom. The van der Waals surface area contributed by atoms with Crippen LogP contribution in [0.25, 0.3) is 77.2 Å². The Morgan fingerprint density at radius 3 is 1.21 bits per heavy atom. The maximum Gasteiger partial charge on any atom is 0.145 e. The van der Waals surface area contributed by atoms with Crippen LogP contribution in [0.4, 0.5) is 0 Å². The average Bonchev–Trinajstić information content (AvgIpc) is 3.98. The van der Waals surface area contributed by atoms with Crippen LogP contribution >= 0.6 is 0 Å². The molecule has 10 rings (SSSR count). The molecule has 0 atom stereocenters. The van der Waals surface area contributed by atoms with Crippen molar-refractivity contribution in [1.29, 1.82) is 0 Å². The van der Waals surface area contributed by atoms with E-state index in [0.717, 1.165) is 29.5 Å². The van der Waals surface area contributed by atoms with Crippen molar-refractivity contribution in [1.82, 2.24) is 18.8 Å². The minimum Gasteiger partial charge on any atom is -0.333 e. The fourth-order valence-electron chi connectivity index (χ4n) is 11.6. The van der Waals surface area contributed by atoms with E-state index in [2.05, 4.69) is 249 Å². The molecule has 0 saturated heterocycles. The Balaban J connectivity index is 0.000000240. The molecule has 0 aliphatic carbocycles. The summed E-state index contributed by atoms with van der Waals surface area (Å²) in [5.41, 5.74) is 21.3. The first-order valence-electron chi connectivity index (χ1n) is 27.8. The van der Waals surface area contributed by atoms with E-state index in [0.29, 0.717) is 35.5 Å². The third-order valence-electron chi connectivity index (χ3n) is 15.2. The second-order valence-corrected chi connectivity index (χ2v) is 25.9. The summed E-state index contributed by atoms with van der Waals surface area (Å²) in [6.07, 6.45) is 6.31. The molecule has 5 heteroatoms. The number of hydrogen-bond acceptors (Lipinski definition) is 2. The van der Waals surface area contributed by atoms with E-state index in [1.807, 2.05) is 6.07 Å². The molecule has 4 heterocycles. The first-order chi connectivity index (χ1) is 34.9. The number of imidazole rings is 2. The zero-order valence-corrected chi connectivity index (χ0v) is 50.9. The van der Waals surface area contributed by atoms with Crippen molar-refractivity contribution in [2.24, 2.45) is 10.8 Å². The number of nitrogens with zero attached hydrogens (tertiary/aromatic N) is 4. The molecule has 4 nitrogen and oxygen atoms in total. The van der Waals surface area contributed by atoms with Crippen LogP contribution in [0.3, 0.4) is 0 Å². The van der Waals surface area contributed by atoms with E-state index in [-0.39, 0.29) is 45.8 Å². The van der Waals surface area contributed by atoms with Crippen LogP contribution in [-0.4, -0.2) is 18.8 Å². The SMILES string of the molecule is C.C.CC(C)c1cc(C(C)C)c(-c2cnc3c4[c-]cccc4c4cc(CC(C)(C)C)ccc4n23)c(C(C)C)c1.CC(C)c1cc(C(C)C)c(-c2cnc3c4ccccc4c4cc(CC(C)(C)C)ccc4n23)c(C(C)C)c1.[Ir]. The van der Waals surface area contributed by atoms with Gasteiger partial charge in [0.2, 0.25) is 0 Å². The molecule has 1 radical (unpaired) electrons.